The second-order valence-corrected chi connectivity index (χ2v) is 12.7. The quantitative estimate of drug-likeness (QED) is 0.0443. The minimum atomic E-state index is -0.534. The van der Waals surface area contributed by atoms with Crippen molar-refractivity contribution in [2.45, 2.75) is 200 Å². The first-order valence-electron chi connectivity index (χ1n) is 18.9. The van der Waals surface area contributed by atoms with Gasteiger partial charge in [-0.15, -0.1) is 0 Å². The van der Waals surface area contributed by atoms with E-state index in [1.165, 1.54) is 148 Å². The van der Waals surface area contributed by atoms with Gasteiger partial charge in [-0.1, -0.05) is 167 Å². The molecule has 0 fully saturated rings. The Balaban J connectivity index is 3.44. The Bertz CT molecular complexity index is 600. The zero-order valence-corrected chi connectivity index (χ0v) is 29.0. The van der Waals surface area contributed by atoms with Crippen molar-refractivity contribution in [2.24, 2.45) is 0 Å². The fraction of sp³-hybridized carbons (Fsp3) is 0.872. The molecule has 4 nitrogen and oxygen atoms in total. The van der Waals surface area contributed by atoms with E-state index in [4.69, 9.17) is 9.47 Å². The molecule has 0 spiro atoms. The molecule has 0 aliphatic heterocycles. The highest BCUT2D eigenvalue weighted by molar-refractivity contribution is 5.69. The summed E-state index contributed by atoms with van der Waals surface area (Å²) in [6.07, 6.45) is 43.6. The highest BCUT2D eigenvalue weighted by Gasteiger charge is 2.13. The van der Waals surface area contributed by atoms with Crippen LogP contribution in [0.4, 0.5) is 0 Å². The smallest absolute Gasteiger partial charge is 0.306 e. The Hall–Kier alpha value is -1.13. The summed E-state index contributed by atoms with van der Waals surface area (Å²) in [4.78, 5) is 12.1. The van der Waals surface area contributed by atoms with E-state index in [-0.39, 0.29) is 12.6 Å². The fourth-order valence-corrected chi connectivity index (χ4v) is 5.42. The predicted octanol–water partition coefficient (Wildman–Crippen LogP) is 12.0. The molecule has 0 aromatic rings. The van der Waals surface area contributed by atoms with Gasteiger partial charge in [-0.05, 0) is 44.9 Å². The summed E-state index contributed by atoms with van der Waals surface area (Å²) in [5.74, 6) is -0.203. The minimum absolute atomic E-state index is 0.172. The molecule has 1 N–H and O–H groups in total. The minimum Gasteiger partial charge on any atom is -0.457 e. The van der Waals surface area contributed by atoms with Crippen LogP contribution in [0.2, 0.25) is 0 Å². The number of esters is 1. The zero-order valence-electron chi connectivity index (χ0n) is 29.0. The van der Waals surface area contributed by atoms with Gasteiger partial charge in [0.05, 0.1) is 13.2 Å². The summed E-state index contributed by atoms with van der Waals surface area (Å²) in [6, 6.07) is 0. The van der Waals surface area contributed by atoms with E-state index >= 15 is 0 Å². The molecule has 43 heavy (non-hydrogen) atoms. The maximum atomic E-state index is 12.1. The van der Waals surface area contributed by atoms with Gasteiger partial charge in [0.2, 0.25) is 0 Å². The lowest BCUT2D eigenvalue weighted by atomic mass is 10.0. The Morgan fingerprint density at radius 2 is 0.977 bits per heavy atom. The van der Waals surface area contributed by atoms with E-state index < -0.39 is 6.10 Å². The van der Waals surface area contributed by atoms with Crippen molar-refractivity contribution in [1.29, 1.82) is 0 Å². The van der Waals surface area contributed by atoms with Crippen LogP contribution in [0.25, 0.3) is 0 Å². The van der Waals surface area contributed by atoms with Crippen LogP contribution in [-0.4, -0.2) is 37.0 Å². The lowest BCUT2D eigenvalue weighted by Crippen LogP contribution is -2.27. The number of carbonyl (C=O) groups excluding carboxylic acids is 1. The number of aliphatic hydroxyl groups is 1. The van der Waals surface area contributed by atoms with Crippen LogP contribution in [0.3, 0.4) is 0 Å². The number of allylic oxidation sites excluding steroid dienone is 4. The standard InChI is InChI=1S/C39H74O4/c1-3-5-7-9-11-13-15-17-19-21-23-25-27-29-31-33-35-42-37-38(36-40)43-39(41)34-32-30-28-26-24-22-20-18-16-14-12-10-8-6-4-2/h11,13,17,19,38,40H,3-10,12,14-16,18,20-37H2,1-2H3/b13-11-,19-17-. The number of rotatable bonds is 35. The molecule has 254 valence electrons. The lowest BCUT2D eigenvalue weighted by molar-refractivity contribution is -0.154. The van der Waals surface area contributed by atoms with Gasteiger partial charge < -0.3 is 14.6 Å². The van der Waals surface area contributed by atoms with Crippen LogP contribution in [0.15, 0.2) is 24.3 Å². The van der Waals surface area contributed by atoms with Crippen LogP contribution in [0, 0.1) is 0 Å². The molecule has 0 aliphatic carbocycles. The molecule has 4 heteroatoms. The number of hydrogen-bond donors (Lipinski definition) is 1. The first-order valence-corrected chi connectivity index (χ1v) is 18.9. The van der Waals surface area contributed by atoms with Crippen LogP contribution in [0.5, 0.6) is 0 Å². The molecular weight excluding hydrogens is 532 g/mol. The van der Waals surface area contributed by atoms with Gasteiger partial charge in [0, 0.05) is 13.0 Å². The van der Waals surface area contributed by atoms with E-state index in [0.717, 1.165) is 25.7 Å². The molecule has 0 rings (SSSR count). The third kappa shape index (κ3) is 35.2. The molecule has 1 atom stereocenters. The van der Waals surface area contributed by atoms with E-state index in [9.17, 15) is 9.90 Å². The van der Waals surface area contributed by atoms with Gasteiger partial charge in [-0.3, -0.25) is 4.79 Å². The molecule has 1 unspecified atom stereocenters. The number of aliphatic hydroxyl groups excluding tert-OH is 1. The van der Waals surface area contributed by atoms with Crippen molar-refractivity contribution in [3.63, 3.8) is 0 Å². The molecule has 0 amide bonds. The number of ether oxygens (including phenoxy) is 2. The van der Waals surface area contributed by atoms with Crippen molar-refractivity contribution < 1.29 is 19.4 Å². The molecule has 0 radical (unpaired) electrons. The number of carbonyl (C=O) groups is 1. The summed E-state index contributed by atoms with van der Waals surface area (Å²) in [7, 11) is 0. The average molecular weight is 607 g/mol. The van der Waals surface area contributed by atoms with Crippen molar-refractivity contribution in [1.82, 2.24) is 0 Å². The lowest BCUT2D eigenvalue weighted by Gasteiger charge is -2.15. The van der Waals surface area contributed by atoms with Crippen molar-refractivity contribution in [3.05, 3.63) is 24.3 Å². The predicted molar refractivity (Wildman–Crippen MR) is 187 cm³/mol. The molecule has 0 saturated heterocycles. The van der Waals surface area contributed by atoms with E-state index in [1.54, 1.807) is 0 Å². The van der Waals surface area contributed by atoms with Gasteiger partial charge in [-0.25, -0.2) is 0 Å². The van der Waals surface area contributed by atoms with Gasteiger partial charge in [0.1, 0.15) is 6.10 Å². The molecule has 0 aromatic heterocycles. The van der Waals surface area contributed by atoms with Crippen LogP contribution in [-0.2, 0) is 14.3 Å². The van der Waals surface area contributed by atoms with Gasteiger partial charge in [0.15, 0.2) is 0 Å². The molecular formula is C39H74O4. The fourth-order valence-electron chi connectivity index (χ4n) is 5.42. The first kappa shape index (κ1) is 41.9. The summed E-state index contributed by atoms with van der Waals surface area (Å²) in [5.41, 5.74) is 0. The van der Waals surface area contributed by atoms with Crippen LogP contribution in [0.1, 0.15) is 194 Å². The van der Waals surface area contributed by atoms with Crippen LogP contribution < -0.4 is 0 Å². The first-order chi connectivity index (χ1) is 21.2. The van der Waals surface area contributed by atoms with Crippen molar-refractivity contribution in [3.8, 4) is 0 Å². The molecule has 0 bridgehead atoms. The average Bonchev–Trinajstić information content (AvgIpc) is 3.01. The highest BCUT2D eigenvalue weighted by Crippen LogP contribution is 2.14. The third-order valence-corrected chi connectivity index (χ3v) is 8.28. The van der Waals surface area contributed by atoms with Crippen molar-refractivity contribution >= 4 is 5.97 Å². The normalized spacial score (nSPS) is 12.5. The van der Waals surface area contributed by atoms with E-state index in [1.807, 2.05) is 0 Å². The molecule has 0 saturated carbocycles. The van der Waals surface area contributed by atoms with Crippen molar-refractivity contribution in [2.75, 3.05) is 19.8 Å². The van der Waals surface area contributed by atoms with Gasteiger partial charge in [-0.2, -0.15) is 0 Å². The summed E-state index contributed by atoms with van der Waals surface area (Å²) < 4.78 is 11.1. The topological polar surface area (TPSA) is 55.8 Å². The van der Waals surface area contributed by atoms with E-state index in [2.05, 4.69) is 38.2 Å². The number of hydrogen-bond acceptors (Lipinski definition) is 4. The van der Waals surface area contributed by atoms with E-state index in [0.29, 0.717) is 19.6 Å². The largest absolute Gasteiger partial charge is 0.457 e. The molecule has 0 aliphatic rings. The Morgan fingerprint density at radius 1 is 0.558 bits per heavy atom. The maximum Gasteiger partial charge on any atom is 0.306 e. The monoisotopic (exact) mass is 607 g/mol. The maximum absolute atomic E-state index is 12.1. The second-order valence-electron chi connectivity index (χ2n) is 12.7. The summed E-state index contributed by atoms with van der Waals surface area (Å²) in [5, 5.41) is 9.56. The SMILES string of the molecule is CCCCC/C=C\C/C=C\CCCCCCCCOCC(CO)OC(=O)CCCCCCCCCCCCCCCCC. The Morgan fingerprint density at radius 3 is 1.49 bits per heavy atom. The highest BCUT2D eigenvalue weighted by atomic mass is 16.6. The second kappa shape index (κ2) is 37.1. The summed E-state index contributed by atoms with van der Waals surface area (Å²) >= 11 is 0. The van der Waals surface area contributed by atoms with Gasteiger partial charge in [0.25, 0.3) is 0 Å². The third-order valence-electron chi connectivity index (χ3n) is 8.28. The number of unbranched alkanes of at least 4 members (excludes halogenated alkanes) is 23. The zero-order chi connectivity index (χ0) is 31.3. The molecule has 0 aromatic carbocycles. The van der Waals surface area contributed by atoms with Crippen LogP contribution >= 0.6 is 0 Å². The molecule has 0 heterocycles. The Kier molecular flexibility index (Phi) is 36.1. The summed E-state index contributed by atoms with van der Waals surface area (Å²) in [6.45, 7) is 5.32. The van der Waals surface area contributed by atoms with Gasteiger partial charge >= 0.3 is 5.97 Å². The Labute approximate surface area is 268 Å².